The first-order valence-electron chi connectivity index (χ1n) is 8.02. The van der Waals surface area contributed by atoms with Crippen LogP contribution in [0.3, 0.4) is 0 Å². The highest BCUT2D eigenvalue weighted by atomic mass is 16.5. The number of rotatable bonds is 14. The molecule has 0 saturated heterocycles. The Hall–Kier alpha value is -0.280. The van der Waals surface area contributed by atoms with E-state index in [1.54, 1.807) is 7.11 Å². The highest BCUT2D eigenvalue weighted by molar-refractivity contribution is 4.82. The third-order valence-corrected chi connectivity index (χ3v) is 3.71. The van der Waals surface area contributed by atoms with Gasteiger partial charge in [-0.3, -0.25) is 4.90 Å². The van der Waals surface area contributed by atoms with Gasteiger partial charge in [0.05, 0.1) is 19.3 Å². The smallest absolute Gasteiger partial charge is 0.111 e. The molecule has 0 fully saturated rings. The van der Waals surface area contributed by atoms with Gasteiger partial charge in [0.1, 0.15) is 18.3 Å². The second kappa shape index (κ2) is 13.2. The van der Waals surface area contributed by atoms with Crippen LogP contribution in [-0.2, 0) is 4.74 Å². The highest BCUT2D eigenvalue weighted by Crippen LogP contribution is 2.08. The SMILES string of the molecule is CCCCCCN(CCOC)C[C@H](O)[C@@H](O)[C@H](O)[C@H](O)CO. The Kier molecular flexibility index (Phi) is 13.0. The molecule has 0 aromatic rings. The van der Waals surface area contributed by atoms with Crippen molar-refractivity contribution in [3.05, 3.63) is 0 Å². The molecule has 0 rings (SSSR count). The van der Waals surface area contributed by atoms with Gasteiger partial charge in [0.15, 0.2) is 0 Å². The third-order valence-electron chi connectivity index (χ3n) is 3.71. The van der Waals surface area contributed by atoms with E-state index in [1.807, 2.05) is 4.90 Å². The van der Waals surface area contributed by atoms with Crippen LogP contribution in [-0.4, -0.2) is 94.8 Å². The molecule has 0 bridgehead atoms. The van der Waals surface area contributed by atoms with Gasteiger partial charge in [0.2, 0.25) is 0 Å². The Morgan fingerprint density at radius 2 is 1.55 bits per heavy atom. The molecule has 134 valence electrons. The number of unbranched alkanes of at least 4 members (excludes halogenated alkanes) is 3. The lowest BCUT2D eigenvalue weighted by Gasteiger charge is -2.30. The number of aliphatic hydroxyl groups is 5. The summed E-state index contributed by atoms with van der Waals surface area (Å²) in [7, 11) is 1.60. The minimum Gasteiger partial charge on any atom is -0.394 e. The molecule has 7 heteroatoms. The Morgan fingerprint density at radius 3 is 2.09 bits per heavy atom. The number of methoxy groups -OCH3 is 1. The van der Waals surface area contributed by atoms with Crippen molar-refractivity contribution in [2.45, 2.75) is 57.0 Å². The summed E-state index contributed by atoms with van der Waals surface area (Å²) in [5.41, 5.74) is 0. The zero-order valence-electron chi connectivity index (χ0n) is 13.8. The van der Waals surface area contributed by atoms with Gasteiger partial charge in [-0.1, -0.05) is 26.2 Å². The number of hydrogen-bond donors (Lipinski definition) is 5. The largest absolute Gasteiger partial charge is 0.394 e. The van der Waals surface area contributed by atoms with Crippen LogP contribution in [0.5, 0.6) is 0 Å². The molecule has 5 N–H and O–H groups in total. The van der Waals surface area contributed by atoms with Crippen LogP contribution in [0.25, 0.3) is 0 Å². The molecule has 0 aliphatic heterocycles. The van der Waals surface area contributed by atoms with E-state index in [0.717, 1.165) is 32.2 Å². The molecule has 0 aliphatic carbocycles. The zero-order chi connectivity index (χ0) is 17.0. The van der Waals surface area contributed by atoms with E-state index in [9.17, 15) is 20.4 Å². The van der Waals surface area contributed by atoms with Crippen molar-refractivity contribution in [2.75, 3.05) is 40.0 Å². The summed E-state index contributed by atoms with van der Waals surface area (Å²) in [6.07, 6.45) is -1.38. The van der Waals surface area contributed by atoms with Gasteiger partial charge in [0.25, 0.3) is 0 Å². The van der Waals surface area contributed by atoms with E-state index < -0.39 is 31.0 Å². The molecule has 0 unspecified atom stereocenters. The fraction of sp³-hybridized carbons (Fsp3) is 1.00. The first kappa shape index (κ1) is 21.7. The zero-order valence-corrected chi connectivity index (χ0v) is 13.8. The van der Waals surface area contributed by atoms with Gasteiger partial charge in [-0.25, -0.2) is 0 Å². The molecule has 7 nitrogen and oxygen atoms in total. The minimum absolute atomic E-state index is 0.172. The van der Waals surface area contributed by atoms with Crippen molar-refractivity contribution >= 4 is 0 Å². The molecule has 0 saturated carbocycles. The predicted octanol–water partition coefficient (Wildman–Crippen LogP) is -1.05. The monoisotopic (exact) mass is 323 g/mol. The molecular formula is C15H33NO6. The fourth-order valence-corrected chi connectivity index (χ4v) is 2.21. The molecule has 4 atom stereocenters. The van der Waals surface area contributed by atoms with E-state index in [4.69, 9.17) is 9.84 Å². The summed E-state index contributed by atoms with van der Waals surface area (Å²) in [6.45, 7) is 3.53. The van der Waals surface area contributed by atoms with Crippen molar-refractivity contribution in [2.24, 2.45) is 0 Å². The van der Waals surface area contributed by atoms with Gasteiger partial charge >= 0.3 is 0 Å². The first-order chi connectivity index (χ1) is 10.5. The molecule has 0 aliphatic rings. The van der Waals surface area contributed by atoms with Crippen LogP contribution in [0.15, 0.2) is 0 Å². The number of hydrogen-bond acceptors (Lipinski definition) is 7. The Bertz CT molecular complexity index is 256. The second-order valence-corrected chi connectivity index (χ2v) is 5.65. The predicted molar refractivity (Wildman–Crippen MR) is 83.6 cm³/mol. The number of aliphatic hydroxyl groups excluding tert-OH is 5. The van der Waals surface area contributed by atoms with Crippen LogP contribution in [0.4, 0.5) is 0 Å². The fourth-order valence-electron chi connectivity index (χ4n) is 2.21. The van der Waals surface area contributed by atoms with Crippen molar-refractivity contribution in [1.82, 2.24) is 4.90 Å². The molecule has 22 heavy (non-hydrogen) atoms. The topological polar surface area (TPSA) is 114 Å². The maximum atomic E-state index is 10.0. The van der Waals surface area contributed by atoms with E-state index in [1.165, 1.54) is 0 Å². The average Bonchev–Trinajstić information content (AvgIpc) is 2.53. The summed E-state index contributed by atoms with van der Waals surface area (Å²) in [4.78, 5) is 1.96. The normalized spacial score (nSPS) is 17.5. The van der Waals surface area contributed by atoms with E-state index in [-0.39, 0.29) is 6.54 Å². The maximum absolute atomic E-state index is 10.0. The van der Waals surface area contributed by atoms with E-state index >= 15 is 0 Å². The first-order valence-corrected chi connectivity index (χ1v) is 8.02. The van der Waals surface area contributed by atoms with Crippen molar-refractivity contribution in [3.8, 4) is 0 Å². The van der Waals surface area contributed by atoms with Gasteiger partial charge in [-0.05, 0) is 13.0 Å². The highest BCUT2D eigenvalue weighted by Gasteiger charge is 2.30. The molecule has 0 spiro atoms. The quantitative estimate of drug-likeness (QED) is 0.259. The standard InChI is InChI=1S/C15H33NO6/c1-3-4-5-6-7-16(8-9-22-2)10-12(18)14(20)15(21)13(19)11-17/h12-15,17-21H,3-11H2,1-2H3/t12-,13+,14+,15+/m0/s1. The number of ether oxygens (including phenoxy) is 1. The van der Waals surface area contributed by atoms with E-state index in [2.05, 4.69) is 6.92 Å². The summed E-state index contributed by atoms with van der Waals surface area (Å²) < 4.78 is 5.04. The van der Waals surface area contributed by atoms with Crippen molar-refractivity contribution in [1.29, 1.82) is 0 Å². The average molecular weight is 323 g/mol. The third kappa shape index (κ3) is 8.99. The van der Waals surface area contributed by atoms with Crippen LogP contribution in [0.2, 0.25) is 0 Å². The second-order valence-electron chi connectivity index (χ2n) is 5.65. The van der Waals surface area contributed by atoms with Crippen LogP contribution in [0, 0.1) is 0 Å². The number of nitrogens with zero attached hydrogens (tertiary/aromatic N) is 1. The lowest BCUT2D eigenvalue weighted by Crippen LogP contribution is -2.50. The lowest BCUT2D eigenvalue weighted by molar-refractivity contribution is -0.119. The van der Waals surface area contributed by atoms with E-state index in [0.29, 0.717) is 13.2 Å². The lowest BCUT2D eigenvalue weighted by atomic mass is 10.0. The van der Waals surface area contributed by atoms with Gasteiger partial charge < -0.3 is 30.3 Å². The minimum atomic E-state index is -1.58. The molecule has 0 aromatic heterocycles. The maximum Gasteiger partial charge on any atom is 0.111 e. The van der Waals surface area contributed by atoms with Gasteiger partial charge in [-0.15, -0.1) is 0 Å². The summed E-state index contributed by atoms with van der Waals surface area (Å²) >= 11 is 0. The van der Waals surface area contributed by atoms with Gasteiger partial charge in [-0.2, -0.15) is 0 Å². The summed E-state index contributed by atoms with van der Waals surface area (Å²) in [5, 5.41) is 47.6. The van der Waals surface area contributed by atoms with Crippen LogP contribution in [0.1, 0.15) is 32.6 Å². The Balaban J connectivity index is 4.35. The summed E-state index contributed by atoms with van der Waals surface area (Å²) in [6, 6.07) is 0. The molecule has 0 aromatic carbocycles. The molecule has 0 heterocycles. The molecular weight excluding hydrogens is 290 g/mol. The molecule has 0 amide bonds. The van der Waals surface area contributed by atoms with Crippen molar-refractivity contribution in [3.63, 3.8) is 0 Å². The van der Waals surface area contributed by atoms with Crippen LogP contribution < -0.4 is 0 Å². The molecule has 0 radical (unpaired) electrons. The Morgan fingerprint density at radius 1 is 0.909 bits per heavy atom. The summed E-state index contributed by atoms with van der Waals surface area (Å²) in [5.74, 6) is 0. The van der Waals surface area contributed by atoms with Crippen LogP contribution >= 0.6 is 0 Å². The Labute approximate surface area is 133 Å². The van der Waals surface area contributed by atoms with Crippen molar-refractivity contribution < 1.29 is 30.3 Å². The van der Waals surface area contributed by atoms with Gasteiger partial charge in [0, 0.05) is 20.2 Å².